The summed E-state index contributed by atoms with van der Waals surface area (Å²) in [4.78, 5) is 12.9. The summed E-state index contributed by atoms with van der Waals surface area (Å²) >= 11 is 0. The van der Waals surface area contributed by atoms with Gasteiger partial charge in [-0.2, -0.15) is 0 Å². The van der Waals surface area contributed by atoms with Crippen LogP contribution in [0.2, 0.25) is 0 Å². The molecule has 7 heteroatoms. The van der Waals surface area contributed by atoms with Crippen LogP contribution in [0.1, 0.15) is 13.8 Å². The summed E-state index contributed by atoms with van der Waals surface area (Å²) in [6, 6.07) is -1.18. The maximum atomic E-state index is 11.4. The Morgan fingerprint density at radius 1 is 1.31 bits per heavy atom. The number of hydroxylamine groups is 1. The Morgan fingerprint density at radius 2 is 1.88 bits per heavy atom. The van der Waals surface area contributed by atoms with E-state index >= 15 is 0 Å². The number of amides is 1. The minimum Gasteiger partial charge on any atom is -0.389 e. The summed E-state index contributed by atoms with van der Waals surface area (Å²) in [7, 11) is 0. The number of nitrogens with one attached hydrogen (secondary N) is 1. The van der Waals surface area contributed by atoms with Gasteiger partial charge in [0.2, 0.25) is 0 Å². The Kier molecular flexibility index (Phi) is 4.22. The fraction of sp³-hybridized carbons (Fsp3) is 0.889. The average Bonchev–Trinajstić information content (AvgIpc) is 2.24. The van der Waals surface area contributed by atoms with Gasteiger partial charge in [-0.05, 0) is 13.8 Å². The van der Waals surface area contributed by atoms with Gasteiger partial charge in [0.05, 0.1) is 6.10 Å². The molecule has 0 aromatic carbocycles. The molecule has 1 fully saturated rings. The van der Waals surface area contributed by atoms with Crippen LogP contribution in [0.25, 0.3) is 0 Å². The normalized spacial score (nSPS) is 36.4. The number of hydrogen-bond acceptors (Lipinski definition) is 6. The number of carbonyl (C=O) groups excluding carboxylic acids is 1. The number of carbonyl (C=O) groups is 1. The smallest absolute Gasteiger partial charge is 0.263 e. The summed E-state index contributed by atoms with van der Waals surface area (Å²) in [6.07, 6.45) is -3.93. The number of nitrogens with zero attached hydrogens (tertiary/aromatic N) is 1. The van der Waals surface area contributed by atoms with Crippen molar-refractivity contribution < 1.29 is 25.3 Å². The van der Waals surface area contributed by atoms with Crippen molar-refractivity contribution in [1.29, 1.82) is 0 Å². The zero-order chi connectivity index (χ0) is 12.5. The van der Waals surface area contributed by atoms with Crippen LogP contribution in [-0.2, 0) is 4.79 Å². The Bertz CT molecular complexity index is 260. The molecule has 1 saturated heterocycles. The second-order valence-corrected chi connectivity index (χ2v) is 4.26. The second-order valence-electron chi connectivity index (χ2n) is 4.26. The number of likely N-dealkylation sites (tertiary alicyclic amines) is 1. The first kappa shape index (κ1) is 13.3. The van der Waals surface area contributed by atoms with E-state index in [0.29, 0.717) is 0 Å². The Morgan fingerprint density at radius 3 is 2.31 bits per heavy atom. The van der Waals surface area contributed by atoms with Crippen molar-refractivity contribution in [3.8, 4) is 0 Å². The largest absolute Gasteiger partial charge is 0.389 e. The van der Waals surface area contributed by atoms with E-state index in [0.717, 1.165) is 0 Å². The van der Waals surface area contributed by atoms with E-state index in [1.54, 1.807) is 13.8 Å². The van der Waals surface area contributed by atoms with Crippen molar-refractivity contribution in [3.63, 3.8) is 0 Å². The van der Waals surface area contributed by atoms with Crippen molar-refractivity contribution in [2.75, 3.05) is 6.54 Å². The molecule has 1 aliphatic heterocycles. The molecule has 1 aliphatic rings. The van der Waals surface area contributed by atoms with Gasteiger partial charge in [-0.1, -0.05) is 0 Å². The van der Waals surface area contributed by atoms with E-state index in [4.69, 9.17) is 5.21 Å². The lowest BCUT2D eigenvalue weighted by molar-refractivity contribution is -0.167. The van der Waals surface area contributed by atoms with Crippen LogP contribution in [0.3, 0.4) is 0 Å². The zero-order valence-corrected chi connectivity index (χ0v) is 9.24. The summed E-state index contributed by atoms with van der Waals surface area (Å²) in [5.74, 6) is -0.799. The molecule has 0 aromatic rings. The Hall–Kier alpha value is -0.730. The molecule has 94 valence electrons. The van der Waals surface area contributed by atoms with Gasteiger partial charge in [0.25, 0.3) is 5.91 Å². The molecule has 7 nitrogen and oxygen atoms in total. The summed E-state index contributed by atoms with van der Waals surface area (Å²) in [6.45, 7) is 3.64. The van der Waals surface area contributed by atoms with Crippen molar-refractivity contribution in [2.24, 2.45) is 0 Å². The minimum absolute atomic E-state index is 0.0635. The highest BCUT2D eigenvalue weighted by Crippen LogP contribution is 2.21. The van der Waals surface area contributed by atoms with Crippen LogP contribution in [0.4, 0.5) is 0 Å². The van der Waals surface area contributed by atoms with Gasteiger partial charge >= 0.3 is 0 Å². The first-order valence-electron chi connectivity index (χ1n) is 5.14. The Labute approximate surface area is 93.3 Å². The van der Waals surface area contributed by atoms with Gasteiger partial charge in [-0.25, -0.2) is 5.48 Å². The maximum absolute atomic E-state index is 11.4. The summed E-state index contributed by atoms with van der Waals surface area (Å²) in [5, 5.41) is 37.2. The molecule has 0 unspecified atom stereocenters. The molecule has 0 bridgehead atoms. The van der Waals surface area contributed by atoms with E-state index < -0.39 is 30.3 Å². The highest BCUT2D eigenvalue weighted by Gasteiger charge is 2.45. The molecule has 0 aromatic heterocycles. The molecule has 0 spiro atoms. The van der Waals surface area contributed by atoms with E-state index in [9.17, 15) is 20.1 Å². The predicted octanol–water partition coefficient (Wildman–Crippen LogP) is -2.33. The molecule has 5 N–H and O–H groups in total. The number of β-amino-alcohol motifs (C(OH)–C–C–N with tert-alkyl or cyclic N) is 1. The lowest BCUT2D eigenvalue weighted by atomic mass is 9.92. The molecule has 4 atom stereocenters. The number of rotatable bonds is 2. The summed E-state index contributed by atoms with van der Waals surface area (Å²) in [5.41, 5.74) is 1.45. The number of aliphatic hydroxyl groups is 3. The molecule has 0 radical (unpaired) electrons. The topological polar surface area (TPSA) is 113 Å². The highest BCUT2D eigenvalue weighted by molar-refractivity contribution is 5.81. The highest BCUT2D eigenvalue weighted by atomic mass is 16.5. The van der Waals surface area contributed by atoms with Crippen molar-refractivity contribution in [3.05, 3.63) is 0 Å². The average molecular weight is 234 g/mol. The van der Waals surface area contributed by atoms with Crippen molar-refractivity contribution >= 4 is 5.91 Å². The van der Waals surface area contributed by atoms with Crippen LogP contribution in [0.5, 0.6) is 0 Å². The third-order valence-corrected chi connectivity index (χ3v) is 2.86. The minimum atomic E-state index is -1.43. The quantitative estimate of drug-likeness (QED) is 0.270. The monoisotopic (exact) mass is 234 g/mol. The van der Waals surface area contributed by atoms with Gasteiger partial charge < -0.3 is 15.3 Å². The van der Waals surface area contributed by atoms with Crippen LogP contribution in [-0.4, -0.2) is 68.3 Å². The molecular weight excluding hydrogens is 216 g/mol. The molecule has 0 saturated carbocycles. The summed E-state index contributed by atoms with van der Waals surface area (Å²) < 4.78 is 0. The van der Waals surface area contributed by atoms with Crippen LogP contribution in [0.15, 0.2) is 0 Å². The van der Waals surface area contributed by atoms with Gasteiger partial charge in [0.1, 0.15) is 18.2 Å². The SMILES string of the molecule is CC(C)N1C[C@H](O)[C@@H](O)[C@@H](O)[C@@H]1C(=O)NO. The van der Waals surface area contributed by atoms with Gasteiger partial charge in [0.15, 0.2) is 0 Å². The number of aliphatic hydroxyl groups excluding tert-OH is 3. The van der Waals surface area contributed by atoms with Crippen molar-refractivity contribution in [2.45, 2.75) is 44.2 Å². The number of piperidine rings is 1. The van der Waals surface area contributed by atoms with Crippen LogP contribution in [0, 0.1) is 0 Å². The maximum Gasteiger partial charge on any atom is 0.263 e. The van der Waals surface area contributed by atoms with E-state index in [1.165, 1.54) is 10.4 Å². The van der Waals surface area contributed by atoms with E-state index in [1.807, 2.05) is 0 Å². The number of hydrogen-bond donors (Lipinski definition) is 5. The van der Waals surface area contributed by atoms with Crippen molar-refractivity contribution in [1.82, 2.24) is 10.4 Å². The molecule has 0 aliphatic carbocycles. The van der Waals surface area contributed by atoms with Gasteiger partial charge in [0, 0.05) is 12.6 Å². The second kappa shape index (κ2) is 5.07. The van der Waals surface area contributed by atoms with Gasteiger partial charge in [-0.3, -0.25) is 14.9 Å². The fourth-order valence-corrected chi connectivity index (χ4v) is 1.95. The van der Waals surface area contributed by atoms with Crippen LogP contribution >= 0.6 is 0 Å². The lowest BCUT2D eigenvalue weighted by Crippen LogP contribution is -2.66. The molecule has 1 rings (SSSR count). The molecule has 1 amide bonds. The lowest BCUT2D eigenvalue weighted by Gasteiger charge is -2.44. The third kappa shape index (κ3) is 2.33. The molecular formula is C9H18N2O5. The first-order valence-corrected chi connectivity index (χ1v) is 5.14. The fourth-order valence-electron chi connectivity index (χ4n) is 1.95. The molecule has 16 heavy (non-hydrogen) atoms. The Balaban J connectivity index is 2.93. The third-order valence-electron chi connectivity index (χ3n) is 2.86. The van der Waals surface area contributed by atoms with Gasteiger partial charge in [-0.15, -0.1) is 0 Å². The molecule has 1 heterocycles. The predicted molar refractivity (Wildman–Crippen MR) is 53.6 cm³/mol. The van der Waals surface area contributed by atoms with Crippen LogP contribution < -0.4 is 5.48 Å². The van der Waals surface area contributed by atoms with E-state index in [-0.39, 0.29) is 12.6 Å². The standard InChI is InChI=1S/C9H18N2O5/c1-4(2)11-3-5(12)7(13)8(14)6(11)9(15)10-16/h4-8,12-14,16H,3H2,1-2H3,(H,10,15)/t5-,6+,7+,8-/m0/s1. The zero-order valence-electron chi connectivity index (χ0n) is 9.24. The first-order chi connectivity index (χ1) is 7.40. The van der Waals surface area contributed by atoms with E-state index in [2.05, 4.69) is 0 Å².